The van der Waals surface area contributed by atoms with Crippen LogP contribution in [0, 0.1) is 0 Å². The Bertz CT molecular complexity index is 448. The van der Waals surface area contributed by atoms with Gasteiger partial charge in [-0.15, -0.1) is 0 Å². The first-order valence-corrected chi connectivity index (χ1v) is 7.64. The van der Waals surface area contributed by atoms with E-state index in [0.29, 0.717) is 6.61 Å². The third kappa shape index (κ3) is 5.21. The molecule has 4 nitrogen and oxygen atoms in total. The molecule has 0 spiro atoms. The van der Waals surface area contributed by atoms with E-state index < -0.39 is 0 Å². The van der Waals surface area contributed by atoms with E-state index in [2.05, 4.69) is 38.2 Å². The highest BCUT2D eigenvalue weighted by atomic mass is 16.5. The molecule has 1 aromatic carbocycles. The number of rotatable bonds is 5. The van der Waals surface area contributed by atoms with Gasteiger partial charge >= 0.3 is 0 Å². The van der Waals surface area contributed by atoms with Gasteiger partial charge in [0, 0.05) is 18.7 Å². The van der Waals surface area contributed by atoms with Crippen molar-refractivity contribution in [1.29, 1.82) is 0 Å². The molecule has 21 heavy (non-hydrogen) atoms. The normalized spacial score (nSPS) is 19.3. The van der Waals surface area contributed by atoms with Crippen molar-refractivity contribution in [3.05, 3.63) is 23.8 Å². The predicted octanol–water partition coefficient (Wildman–Crippen LogP) is 3.14. The van der Waals surface area contributed by atoms with Gasteiger partial charge in [0.25, 0.3) is 0 Å². The summed E-state index contributed by atoms with van der Waals surface area (Å²) in [5.74, 6) is 1.58. The second-order valence-electron chi connectivity index (χ2n) is 6.55. The maximum Gasteiger partial charge on any atom is 0.162 e. The summed E-state index contributed by atoms with van der Waals surface area (Å²) < 4.78 is 16.9. The molecular weight excluding hydrogens is 266 g/mol. The van der Waals surface area contributed by atoms with Gasteiger partial charge in [0.05, 0.1) is 13.7 Å². The lowest BCUT2D eigenvalue weighted by Gasteiger charge is -2.25. The number of nitrogens with one attached hydrogen (secondary N) is 1. The summed E-state index contributed by atoms with van der Waals surface area (Å²) in [6, 6.07) is 6.10. The molecule has 0 aliphatic carbocycles. The largest absolute Gasteiger partial charge is 0.493 e. The minimum Gasteiger partial charge on any atom is -0.493 e. The minimum atomic E-state index is 0.0954. The number of methoxy groups -OCH3 is 1. The first-order chi connectivity index (χ1) is 9.98. The van der Waals surface area contributed by atoms with Crippen molar-refractivity contribution >= 4 is 0 Å². The van der Waals surface area contributed by atoms with Crippen LogP contribution in [0.25, 0.3) is 0 Å². The quantitative estimate of drug-likeness (QED) is 0.905. The number of hydrogen-bond donors (Lipinski definition) is 1. The molecule has 1 N–H and O–H groups in total. The molecule has 1 fully saturated rings. The smallest absolute Gasteiger partial charge is 0.162 e. The molecule has 118 valence electrons. The van der Waals surface area contributed by atoms with Gasteiger partial charge in [0.2, 0.25) is 0 Å². The molecule has 2 rings (SSSR count). The fourth-order valence-electron chi connectivity index (χ4n) is 2.27. The fraction of sp³-hybridized carbons (Fsp3) is 0.647. The van der Waals surface area contributed by atoms with Crippen LogP contribution in [-0.4, -0.2) is 32.0 Å². The maximum absolute atomic E-state index is 6.07. The molecule has 1 unspecified atom stereocenters. The Morgan fingerprint density at radius 1 is 1.29 bits per heavy atom. The lowest BCUT2D eigenvalue weighted by molar-refractivity contribution is 0.00640. The lowest BCUT2D eigenvalue weighted by atomic mass is 10.1. The van der Waals surface area contributed by atoms with Crippen molar-refractivity contribution in [2.24, 2.45) is 0 Å². The average molecular weight is 293 g/mol. The monoisotopic (exact) mass is 293 g/mol. The van der Waals surface area contributed by atoms with Gasteiger partial charge in [-0.3, -0.25) is 0 Å². The highest BCUT2D eigenvalue weighted by Gasteiger charge is 2.18. The van der Waals surface area contributed by atoms with E-state index >= 15 is 0 Å². The topological polar surface area (TPSA) is 39.7 Å². The second-order valence-corrected chi connectivity index (χ2v) is 6.55. The van der Waals surface area contributed by atoms with Crippen molar-refractivity contribution in [1.82, 2.24) is 5.32 Å². The van der Waals surface area contributed by atoms with E-state index in [0.717, 1.165) is 37.5 Å². The molecule has 0 saturated carbocycles. The van der Waals surface area contributed by atoms with E-state index in [-0.39, 0.29) is 11.6 Å². The Kier molecular flexibility index (Phi) is 5.48. The Labute approximate surface area is 127 Å². The lowest BCUT2D eigenvalue weighted by Crippen LogP contribution is -2.35. The Morgan fingerprint density at radius 2 is 2.10 bits per heavy atom. The Hall–Kier alpha value is -1.26. The van der Waals surface area contributed by atoms with Crippen LogP contribution in [0.5, 0.6) is 11.5 Å². The van der Waals surface area contributed by atoms with Gasteiger partial charge < -0.3 is 19.5 Å². The Morgan fingerprint density at radius 3 is 2.71 bits per heavy atom. The molecule has 1 saturated heterocycles. The molecule has 0 aromatic heterocycles. The molecule has 1 aliphatic rings. The van der Waals surface area contributed by atoms with Crippen molar-refractivity contribution in [2.75, 3.05) is 20.3 Å². The molecule has 1 aromatic rings. The highest BCUT2D eigenvalue weighted by molar-refractivity contribution is 5.43. The van der Waals surface area contributed by atoms with Crippen LogP contribution in [0.2, 0.25) is 0 Å². The van der Waals surface area contributed by atoms with Gasteiger partial charge in [-0.2, -0.15) is 0 Å². The van der Waals surface area contributed by atoms with Gasteiger partial charge in [0.1, 0.15) is 6.10 Å². The third-order valence-electron chi connectivity index (χ3n) is 3.46. The van der Waals surface area contributed by atoms with Gasteiger partial charge in [-0.25, -0.2) is 0 Å². The van der Waals surface area contributed by atoms with Crippen LogP contribution in [0.15, 0.2) is 18.2 Å². The maximum atomic E-state index is 6.07. The molecule has 1 atom stereocenters. The molecule has 0 bridgehead atoms. The molecule has 1 aliphatic heterocycles. The summed E-state index contributed by atoms with van der Waals surface area (Å²) in [7, 11) is 1.67. The number of benzene rings is 1. The van der Waals surface area contributed by atoms with Crippen LogP contribution in [0.3, 0.4) is 0 Å². The predicted molar refractivity (Wildman–Crippen MR) is 84.1 cm³/mol. The standard InChI is InChI=1S/C17H27NO3/c1-17(2,3)18-11-13-7-8-15(19-4)16(10-13)21-14-6-5-9-20-12-14/h7-8,10,14,18H,5-6,9,11-12H2,1-4H3. The number of hydrogen-bond acceptors (Lipinski definition) is 4. The van der Waals surface area contributed by atoms with Crippen molar-refractivity contribution in [3.8, 4) is 11.5 Å². The summed E-state index contributed by atoms with van der Waals surface area (Å²) >= 11 is 0. The van der Waals surface area contributed by atoms with Crippen molar-refractivity contribution in [3.63, 3.8) is 0 Å². The molecule has 4 heteroatoms. The van der Waals surface area contributed by atoms with E-state index in [4.69, 9.17) is 14.2 Å². The van der Waals surface area contributed by atoms with Gasteiger partial charge in [-0.1, -0.05) is 6.07 Å². The average Bonchev–Trinajstić information content (AvgIpc) is 2.46. The fourth-order valence-corrected chi connectivity index (χ4v) is 2.27. The first kappa shape index (κ1) is 16.1. The molecular formula is C17H27NO3. The van der Waals surface area contributed by atoms with Crippen molar-refractivity contribution in [2.45, 2.75) is 51.8 Å². The minimum absolute atomic E-state index is 0.0954. The zero-order valence-corrected chi connectivity index (χ0v) is 13.6. The van der Waals surface area contributed by atoms with Crippen LogP contribution >= 0.6 is 0 Å². The van der Waals surface area contributed by atoms with Crippen molar-refractivity contribution < 1.29 is 14.2 Å². The van der Waals surface area contributed by atoms with Crippen LogP contribution in [-0.2, 0) is 11.3 Å². The summed E-state index contributed by atoms with van der Waals surface area (Å²) in [5, 5.41) is 3.49. The van der Waals surface area contributed by atoms with E-state index in [1.165, 1.54) is 5.56 Å². The zero-order chi connectivity index (χ0) is 15.3. The number of ether oxygens (including phenoxy) is 3. The van der Waals surface area contributed by atoms with E-state index in [1.54, 1.807) is 7.11 Å². The molecule has 1 heterocycles. The SMILES string of the molecule is COc1ccc(CNC(C)(C)C)cc1OC1CCCOC1. The molecule has 0 amide bonds. The van der Waals surface area contributed by atoms with Crippen LogP contribution in [0.4, 0.5) is 0 Å². The first-order valence-electron chi connectivity index (χ1n) is 7.64. The zero-order valence-electron chi connectivity index (χ0n) is 13.6. The highest BCUT2D eigenvalue weighted by Crippen LogP contribution is 2.30. The van der Waals surface area contributed by atoms with Crippen LogP contribution in [0.1, 0.15) is 39.2 Å². The van der Waals surface area contributed by atoms with E-state index in [1.807, 2.05) is 6.07 Å². The second kappa shape index (κ2) is 7.14. The Balaban J connectivity index is 2.06. The summed E-state index contributed by atoms with van der Waals surface area (Å²) in [6.45, 7) is 8.79. The summed E-state index contributed by atoms with van der Waals surface area (Å²) in [5.41, 5.74) is 1.29. The van der Waals surface area contributed by atoms with E-state index in [9.17, 15) is 0 Å². The third-order valence-corrected chi connectivity index (χ3v) is 3.46. The van der Waals surface area contributed by atoms with Crippen LogP contribution < -0.4 is 14.8 Å². The summed E-state index contributed by atoms with van der Waals surface area (Å²) in [6.07, 6.45) is 2.21. The van der Waals surface area contributed by atoms with Gasteiger partial charge in [-0.05, 0) is 51.3 Å². The molecule has 0 radical (unpaired) electrons. The summed E-state index contributed by atoms with van der Waals surface area (Å²) in [4.78, 5) is 0. The van der Waals surface area contributed by atoms with Gasteiger partial charge in [0.15, 0.2) is 11.5 Å².